The van der Waals surface area contributed by atoms with E-state index in [-0.39, 0.29) is 5.56 Å². The first kappa shape index (κ1) is 13.3. The van der Waals surface area contributed by atoms with Crippen molar-refractivity contribution in [3.8, 4) is 5.69 Å². The molecule has 4 aromatic rings. The molecule has 4 rings (SSSR count). The van der Waals surface area contributed by atoms with E-state index >= 15 is 0 Å². The zero-order valence-corrected chi connectivity index (χ0v) is 12.8. The molecule has 2 N–H and O–H groups in total. The second-order valence-corrected chi connectivity index (χ2v) is 5.79. The zero-order valence-electron chi connectivity index (χ0n) is 11.3. The van der Waals surface area contributed by atoms with E-state index in [0.717, 1.165) is 16.4 Å². The molecule has 108 valence electrons. The maximum atomic E-state index is 12.8. The maximum Gasteiger partial charge on any atom is 0.283 e. The second kappa shape index (κ2) is 4.83. The molecule has 0 radical (unpaired) electrons. The van der Waals surface area contributed by atoms with E-state index in [1.165, 1.54) is 4.57 Å². The molecule has 0 unspecified atom stereocenters. The fraction of sp³-hybridized carbons (Fsp3) is 0. The van der Waals surface area contributed by atoms with Crippen LogP contribution in [0.2, 0.25) is 5.02 Å². The lowest BCUT2D eigenvalue weighted by Crippen LogP contribution is -2.20. The zero-order chi connectivity index (χ0) is 15.3. The minimum absolute atomic E-state index is 0.197. The van der Waals surface area contributed by atoms with E-state index < -0.39 is 0 Å². The van der Waals surface area contributed by atoms with Crippen molar-refractivity contribution >= 4 is 45.8 Å². The van der Waals surface area contributed by atoms with Crippen molar-refractivity contribution in [3.05, 3.63) is 68.7 Å². The molecule has 0 atom stereocenters. The Morgan fingerprint density at radius 3 is 2.64 bits per heavy atom. The van der Waals surface area contributed by atoms with Gasteiger partial charge in [0, 0.05) is 15.9 Å². The fourth-order valence-corrected chi connectivity index (χ4v) is 3.12. The van der Waals surface area contributed by atoms with Gasteiger partial charge in [-0.05, 0) is 36.5 Å². The highest BCUT2D eigenvalue weighted by atomic mass is 35.5. The quantitative estimate of drug-likeness (QED) is 0.515. The van der Waals surface area contributed by atoms with Gasteiger partial charge in [-0.25, -0.2) is 0 Å². The van der Waals surface area contributed by atoms with Gasteiger partial charge in [0.25, 0.3) is 5.56 Å². The molecule has 2 aromatic carbocycles. The standard InChI is InChI=1S/C16H10ClN3OS/c17-9-4-3-5-10(8-9)20-15(21)14-13(19-16(20)22)11-6-1-2-7-12(11)18-14/h1-8,18H,(H,19,22). The number of hydrogen-bond donors (Lipinski definition) is 2. The molecule has 0 aliphatic carbocycles. The van der Waals surface area contributed by atoms with Crippen LogP contribution in [0.15, 0.2) is 53.3 Å². The molecule has 2 heterocycles. The number of benzene rings is 2. The van der Waals surface area contributed by atoms with Crippen LogP contribution in [0.1, 0.15) is 0 Å². The Hall–Kier alpha value is -2.37. The Bertz CT molecular complexity index is 1140. The van der Waals surface area contributed by atoms with Crippen molar-refractivity contribution in [1.29, 1.82) is 0 Å². The Morgan fingerprint density at radius 1 is 1.00 bits per heavy atom. The predicted octanol–water partition coefficient (Wildman–Crippen LogP) is 4.18. The first-order chi connectivity index (χ1) is 10.6. The highest BCUT2D eigenvalue weighted by molar-refractivity contribution is 7.71. The summed E-state index contributed by atoms with van der Waals surface area (Å²) in [5.41, 5.74) is 2.55. The lowest BCUT2D eigenvalue weighted by molar-refractivity contribution is 0.938. The highest BCUT2D eigenvalue weighted by Crippen LogP contribution is 2.22. The van der Waals surface area contributed by atoms with Crippen LogP contribution in [0.4, 0.5) is 0 Å². The summed E-state index contributed by atoms with van der Waals surface area (Å²) >= 11 is 11.4. The van der Waals surface area contributed by atoms with Gasteiger partial charge in [0.1, 0.15) is 5.52 Å². The summed E-state index contributed by atoms with van der Waals surface area (Å²) < 4.78 is 1.78. The van der Waals surface area contributed by atoms with E-state index in [2.05, 4.69) is 9.97 Å². The van der Waals surface area contributed by atoms with Gasteiger partial charge < -0.3 is 9.97 Å². The van der Waals surface area contributed by atoms with Gasteiger partial charge in [-0.15, -0.1) is 0 Å². The molecule has 22 heavy (non-hydrogen) atoms. The summed E-state index contributed by atoms with van der Waals surface area (Å²) in [5.74, 6) is 0. The van der Waals surface area contributed by atoms with Crippen molar-refractivity contribution in [2.75, 3.05) is 0 Å². The number of nitrogens with one attached hydrogen (secondary N) is 2. The number of rotatable bonds is 1. The molecule has 2 aromatic heterocycles. The lowest BCUT2D eigenvalue weighted by atomic mass is 10.2. The van der Waals surface area contributed by atoms with Crippen LogP contribution in [-0.2, 0) is 0 Å². The van der Waals surface area contributed by atoms with Gasteiger partial charge in [0.05, 0.1) is 11.2 Å². The molecule has 0 bridgehead atoms. The molecule has 4 nitrogen and oxygen atoms in total. The Kier molecular flexibility index (Phi) is 2.92. The third kappa shape index (κ3) is 1.90. The third-order valence-corrected chi connectivity index (χ3v) is 4.14. The number of nitrogens with zero attached hydrogens (tertiary/aromatic N) is 1. The van der Waals surface area contributed by atoms with Crippen LogP contribution in [-0.4, -0.2) is 14.5 Å². The van der Waals surface area contributed by atoms with E-state index in [9.17, 15) is 4.79 Å². The van der Waals surface area contributed by atoms with Gasteiger partial charge in [0.15, 0.2) is 4.77 Å². The summed E-state index contributed by atoms with van der Waals surface area (Å²) in [4.78, 5) is 19.1. The van der Waals surface area contributed by atoms with Crippen molar-refractivity contribution in [3.63, 3.8) is 0 Å². The first-order valence-electron chi connectivity index (χ1n) is 6.67. The second-order valence-electron chi connectivity index (χ2n) is 4.97. The SMILES string of the molecule is O=c1c2[nH]c3ccccc3c2[nH]c(=S)n1-c1cccc(Cl)c1. The van der Waals surface area contributed by atoms with Gasteiger partial charge in [-0.2, -0.15) is 0 Å². The lowest BCUT2D eigenvalue weighted by Gasteiger charge is -2.06. The number of para-hydroxylation sites is 1. The Labute approximate surface area is 135 Å². The number of aromatic amines is 2. The minimum atomic E-state index is -0.197. The molecule has 0 aliphatic heterocycles. The average Bonchev–Trinajstić information content (AvgIpc) is 2.87. The highest BCUT2D eigenvalue weighted by Gasteiger charge is 2.12. The van der Waals surface area contributed by atoms with Crippen molar-refractivity contribution in [1.82, 2.24) is 14.5 Å². The monoisotopic (exact) mass is 327 g/mol. The van der Waals surface area contributed by atoms with Gasteiger partial charge in [0.2, 0.25) is 0 Å². The molecular formula is C16H10ClN3OS. The van der Waals surface area contributed by atoms with Crippen molar-refractivity contribution < 1.29 is 0 Å². The summed E-state index contributed by atoms with van der Waals surface area (Å²) in [6.07, 6.45) is 0. The van der Waals surface area contributed by atoms with Crippen LogP contribution >= 0.6 is 23.8 Å². The van der Waals surface area contributed by atoms with Crippen LogP contribution in [0.3, 0.4) is 0 Å². The van der Waals surface area contributed by atoms with Crippen LogP contribution in [0, 0.1) is 4.77 Å². The Balaban J connectivity index is 2.16. The molecular weight excluding hydrogens is 318 g/mol. The number of H-pyrrole nitrogens is 2. The van der Waals surface area contributed by atoms with Gasteiger partial charge >= 0.3 is 0 Å². The first-order valence-corrected chi connectivity index (χ1v) is 7.45. The van der Waals surface area contributed by atoms with E-state index in [1.807, 2.05) is 24.3 Å². The summed E-state index contributed by atoms with van der Waals surface area (Å²) in [6.45, 7) is 0. The number of fused-ring (bicyclic) bond motifs is 3. The maximum absolute atomic E-state index is 12.8. The molecule has 0 spiro atoms. The summed E-state index contributed by atoms with van der Waals surface area (Å²) in [5, 5.41) is 1.49. The van der Waals surface area contributed by atoms with Crippen LogP contribution < -0.4 is 5.56 Å². The van der Waals surface area contributed by atoms with Gasteiger partial charge in [-0.3, -0.25) is 9.36 Å². The predicted molar refractivity (Wildman–Crippen MR) is 91.6 cm³/mol. The summed E-state index contributed by atoms with van der Waals surface area (Å²) in [6, 6.07) is 14.8. The molecule has 0 amide bonds. The smallest absolute Gasteiger partial charge is 0.283 e. The van der Waals surface area contributed by atoms with Crippen LogP contribution in [0.5, 0.6) is 0 Å². The Morgan fingerprint density at radius 2 is 1.82 bits per heavy atom. The van der Waals surface area contributed by atoms with E-state index in [0.29, 0.717) is 21.0 Å². The number of hydrogen-bond acceptors (Lipinski definition) is 2. The minimum Gasteiger partial charge on any atom is -0.349 e. The van der Waals surface area contributed by atoms with Crippen molar-refractivity contribution in [2.24, 2.45) is 0 Å². The molecule has 6 heteroatoms. The van der Waals surface area contributed by atoms with Gasteiger partial charge in [-0.1, -0.05) is 35.9 Å². The largest absolute Gasteiger partial charge is 0.349 e. The normalized spacial score (nSPS) is 11.3. The molecule has 0 aliphatic rings. The van der Waals surface area contributed by atoms with E-state index in [4.69, 9.17) is 23.8 Å². The average molecular weight is 328 g/mol. The number of aromatic nitrogens is 3. The molecule has 0 fully saturated rings. The fourth-order valence-electron chi connectivity index (χ4n) is 2.65. The molecule has 0 saturated heterocycles. The topological polar surface area (TPSA) is 53.6 Å². The number of halogens is 1. The third-order valence-electron chi connectivity index (χ3n) is 3.62. The van der Waals surface area contributed by atoms with E-state index in [1.54, 1.807) is 24.3 Å². The molecule has 0 saturated carbocycles. The van der Waals surface area contributed by atoms with Crippen LogP contribution in [0.25, 0.3) is 27.6 Å². The van der Waals surface area contributed by atoms with Crippen molar-refractivity contribution in [2.45, 2.75) is 0 Å². The summed E-state index contributed by atoms with van der Waals surface area (Å²) in [7, 11) is 0.